The lowest BCUT2D eigenvalue weighted by atomic mass is 10.0. The molecule has 1 aliphatic heterocycles. The van der Waals surface area contributed by atoms with Crippen LogP contribution in [0.25, 0.3) is 6.08 Å². The van der Waals surface area contributed by atoms with E-state index in [1.807, 2.05) is 31.2 Å². The molecule has 1 fully saturated rings. The molecule has 1 aliphatic rings. The molecule has 1 N–H and O–H groups in total. The Labute approximate surface area is 128 Å². The molecule has 0 aromatic heterocycles. The Hall–Kier alpha value is -1.13. The average Bonchev–Trinajstić information content (AvgIpc) is 2.78. The van der Waals surface area contributed by atoms with Gasteiger partial charge in [-0.25, -0.2) is 0 Å². The van der Waals surface area contributed by atoms with E-state index in [1.165, 1.54) is 5.56 Å². The molecule has 1 saturated heterocycles. The number of benzene rings is 1. The van der Waals surface area contributed by atoms with Crippen LogP contribution in [-0.2, 0) is 4.79 Å². The average molecular weight is 338 g/mol. The molecule has 1 heterocycles. The van der Waals surface area contributed by atoms with Crippen molar-refractivity contribution in [1.82, 2.24) is 4.90 Å². The van der Waals surface area contributed by atoms with E-state index in [4.69, 9.17) is 0 Å². The van der Waals surface area contributed by atoms with E-state index in [-0.39, 0.29) is 18.6 Å². The fourth-order valence-corrected chi connectivity index (χ4v) is 3.21. The Balaban J connectivity index is 2.09. The topological polar surface area (TPSA) is 40.5 Å². The van der Waals surface area contributed by atoms with Gasteiger partial charge < -0.3 is 10.0 Å². The maximum atomic E-state index is 12.2. The second-order valence-electron chi connectivity index (χ2n) is 5.41. The van der Waals surface area contributed by atoms with Crippen molar-refractivity contribution in [3.05, 3.63) is 39.9 Å². The number of halogens is 1. The third-order valence-electron chi connectivity index (χ3n) is 3.91. The fraction of sp³-hybridized carbons (Fsp3) is 0.438. The standard InChI is InChI=1S/C16H20BrNO2/c1-11-3-4-13(14(17)9-11)5-6-16(20)18-8-7-12(2)15(18)10-19/h3-6,9,12,15,19H,7-8,10H2,1-2H3/b6-5+. The summed E-state index contributed by atoms with van der Waals surface area (Å²) in [4.78, 5) is 14.0. The van der Waals surface area contributed by atoms with Gasteiger partial charge in [0.2, 0.25) is 5.91 Å². The predicted molar refractivity (Wildman–Crippen MR) is 84.3 cm³/mol. The van der Waals surface area contributed by atoms with E-state index in [2.05, 4.69) is 22.9 Å². The lowest BCUT2D eigenvalue weighted by Crippen LogP contribution is -2.38. The number of hydrogen-bond donors (Lipinski definition) is 1. The summed E-state index contributed by atoms with van der Waals surface area (Å²) in [6, 6.07) is 5.98. The second kappa shape index (κ2) is 6.55. The number of hydrogen-bond acceptors (Lipinski definition) is 2. The normalized spacial score (nSPS) is 22.7. The highest BCUT2D eigenvalue weighted by atomic mass is 79.9. The highest BCUT2D eigenvalue weighted by molar-refractivity contribution is 9.10. The minimum atomic E-state index is -0.0476. The first-order valence-electron chi connectivity index (χ1n) is 6.88. The number of aliphatic hydroxyl groups is 1. The lowest BCUT2D eigenvalue weighted by Gasteiger charge is -2.23. The number of carbonyl (C=O) groups excluding carboxylic acids is 1. The van der Waals surface area contributed by atoms with Crippen LogP contribution in [0.15, 0.2) is 28.7 Å². The number of aliphatic hydroxyl groups excluding tert-OH is 1. The molecular formula is C16H20BrNO2. The van der Waals surface area contributed by atoms with Gasteiger partial charge in [0.05, 0.1) is 12.6 Å². The van der Waals surface area contributed by atoms with Crippen LogP contribution in [0, 0.1) is 12.8 Å². The van der Waals surface area contributed by atoms with Crippen molar-refractivity contribution in [3.8, 4) is 0 Å². The number of likely N-dealkylation sites (tertiary alicyclic amines) is 1. The molecule has 2 atom stereocenters. The van der Waals surface area contributed by atoms with Gasteiger partial charge in [-0.05, 0) is 42.5 Å². The summed E-state index contributed by atoms with van der Waals surface area (Å²) in [5, 5.41) is 9.39. The van der Waals surface area contributed by atoms with Crippen LogP contribution in [0.2, 0.25) is 0 Å². The second-order valence-corrected chi connectivity index (χ2v) is 6.26. The maximum Gasteiger partial charge on any atom is 0.246 e. The molecule has 20 heavy (non-hydrogen) atoms. The molecule has 0 saturated carbocycles. The van der Waals surface area contributed by atoms with Crippen LogP contribution in [0.1, 0.15) is 24.5 Å². The van der Waals surface area contributed by atoms with Crippen molar-refractivity contribution in [1.29, 1.82) is 0 Å². The SMILES string of the molecule is Cc1ccc(/C=C/C(=O)N2CCC(C)C2CO)c(Br)c1. The smallest absolute Gasteiger partial charge is 0.246 e. The first-order valence-corrected chi connectivity index (χ1v) is 7.68. The van der Waals surface area contributed by atoms with Crippen LogP contribution < -0.4 is 0 Å². The summed E-state index contributed by atoms with van der Waals surface area (Å²) in [6.45, 7) is 4.87. The Morgan fingerprint density at radius 3 is 2.95 bits per heavy atom. The zero-order valence-electron chi connectivity index (χ0n) is 11.8. The Bertz CT molecular complexity index is 527. The van der Waals surface area contributed by atoms with E-state index in [1.54, 1.807) is 11.0 Å². The molecular weight excluding hydrogens is 318 g/mol. The van der Waals surface area contributed by atoms with Crippen LogP contribution in [0.4, 0.5) is 0 Å². The van der Waals surface area contributed by atoms with Crippen molar-refractivity contribution >= 4 is 27.9 Å². The maximum absolute atomic E-state index is 12.2. The summed E-state index contributed by atoms with van der Waals surface area (Å²) < 4.78 is 0.982. The number of aryl methyl sites for hydroxylation is 1. The van der Waals surface area contributed by atoms with Crippen molar-refractivity contribution < 1.29 is 9.90 Å². The Morgan fingerprint density at radius 1 is 1.55 bits per heavy atom. The van der Waals surface area contributed by atoms with Crippen LogP contribution in [0.5, 0.6) is 0 Å². The third kappa shape index (κ3) is 3.30. The van der Waals surface area contributed by atoms with E-state index >= 15 is 0 Å². The number of carbonyl (C=O) groups is 1. The van der Waals surface area contributed by atoms with Gasteiger partial charge in [-0.3, -0.25) is 4.79 Å². The summed E-state index contributed by atoms with van der Waals surface area (Å²) in [5.74, 6) is 0.337. The molecule has 0 aliphatic carbocycles. The van der Waals surface area contributed by atoms with Gasteiger partial charge in [0.1, 0.15) is 0 Å². The summed E-state index contributed by atoms with van der Waals surface area (Å²) in [6.07, 6.45) is 4.37. The van der Waals surface area contributed by atoms with Gasteiger partial charge in [0.25, 0.3) is 0 Å². The summed E-state index contributed by atoms with van der Waals surface area (Å²) in [5.41, 5.74) is 2.16. The molecule has 108 valence electrons. The molecule has 4 heteroatoms. The number of rotatable bonds is 3. The van der Waals surface area contributed by atoms with Gasteiger partial charge in [0, 0.05) is 17.1 Å². The van der Waals surface area contributed by atoms with Crippen molar-refractivity contribution in [3.63, 3.8) is 0 Å². The number of amides is 1. The predicted octanol–water partition coefficient (Wildman–Crippen LogP) is 3.00. The van der Waals surface area contributed by atoms with E-state index < -0.39 is 0 Å². The molecule has 3 nitrogen and oxygen atoms in total. The van der Waals surface area contributed by atoms with E-state index in [0.29, 0.717) is 5.92 Å². The molecule has 1 aromatic carbocycles. The molecule has 1 amide bonds. The highest BCUT2D eigenvalue weighted by Crippen LogP contribution is 2.24. The first-order chi connectivity index (χ1) is 9.52. The first kappa shape index (κ1) is 15.3. The molecule has 2 rings (SSSR count). The zero-order valence-corrected chi connectivity index (χ0v) is 13.4. The van der Waals surface area contributed by atoms with Gasteiger partial charge in [-0.15, -0.1) is 0 Å². The minimum absolute atomic E-state index is 0.0270. The van der Waals surface area contributed by atoms with Crippen LogP contribution in [-0.4, -0.2) is 35.1 Å². The Kier molecular flexibility index (Phi) is 5.00. The van der Waals surface area contributed by atoms with E-state index in [0.717, 1.165) is 23.0 Å². The summed E-state index contributed by atoms with van der Waals surface area (Å²) >= 11 is 3.50. The fourth-order valence-electron chi connectivity index (χ4n) is 2.58. The zero-order chi connectivity index (χ0) is 14.7. The van der Waals surface area contributed by atoms with Gasteiger partial charge in [0.15, 0.2) is 0 Å². The number of nitrogens with zero attached hydrogens (tertiary/aromatic N) is 1. The Morgan fingerprint density at radius 2 is 2.30 bits per heavy atom. The molecule has 1 aromatic rings. The van der Waals surface area contributed by atoms with Crippen LogP contribution >= 0.6 is 15.9 Å². The third-order valence-corrected chi connectivity index (χ3v) is 4.60. The van der Waals surface area contributed by atoms with Gasteiger partial charge in [-0.1, -0.05) is 35.0 Å². The molecule has 0 radical (unpaired) electrons. The van der Waals surface area contributed by atoms with Crippen molar-refractivity contribution in [2.75, 3.05) is 13.2 Å². The van der Waals surface area contributed by atoms with Gasteiger partial charge in [-0.2, -0.15) is 0 Å². The minimum Gasteiger partial charge on any atom is -0.394 e. The summed E-state index contributed by atoms with van der Waals surface area (Å²) in [7, 11) is 0. The largest absolute Gasteiger partial charge is 0.394 e. The monoisotopic (exact) mass is 337 g/mol. The van der Waals surface area contributed by atoms with E-state index in [9.17, 15) is 9.90 Å². The lowest BCUT2D eigenvalue weighted by molar-refractivity contribution is -0.127. The van der Waals surface area contributed by atoms with Gasteiger partial charge >= 0.3 is 0 Å². The van der Waals surface area contributed by atoms with Crippen molar-refractivity contribution in [2.45, 2.75) is 26.3 Å². The highest BCUT2D eigenvalue weighted by Gasteiger charge is 2.32. The van der Waals surface area contributed by atoms with Crippen molar-refractivity contribution in [2.24, 2.45) is 5.92 Å². The quantitative estimate of drug-likeness (QED) is 0.861. The van der Waals surface area contributed by atoms with Crippen LogP contribution in [0.3, 0.4) is 0 Å². The molecule has 0 bridgehead atoms. The molecule has 2 unspecified atom stereocenters. The molecule has 0 spiro atoms.